The van der Waals surface area contributed by atoms with Crippen molar-refractivity contribution in [2.75, 3.05) is 17.2 Å². The number of nitrogens with one attached hydrogen (secondary N) is 1. The summed E-state index contributed by atoms with van der Waals surface area (Å²) in [7, 11) is 0. The number of pyridine rings is 1. The standard InChI is InChI=1S/C20H24N4O3/c1-12(2)18-20(26)24(19-15(27-18)9-10-16(21)23-19)11-17(25)22-13(3)14-7-5-4-6-8-14/h4-10,12-13,18H,11H2,1-3H3,(H2,21,23)(H,22,25). The summed E-state index contributed by atoms with van der Waals surface area (Å²) >= 11 is 0. The quantitative estimate of drug-likeness (QED) is 0.844. The van der Waals surface area contributed by atoms with Crippen molar-refractivity contribution in [3.05, 3.63) is 48.0 Å². The Balaban J connectivity index is 1.80. The lowest BCUT2D eigenvalue weighted by molar-refractivity contribution is -0.130. The molecule has 3 rings (SSSR count). The SMILES string of the molecule is CC(NC(=O)CN1C(=O)C(C(C)C)Oc2ccc(N)nc21)c1ccccc1. The molecule has 3 N–H and O–H groups in total. The van der Waals surface area contributed by atoms with Crippen molar-refractivity contribution in [3.63, 3.8) is 0 Å². The Kier molecular flexibility index (Phi) is 5.30. The van der Waals surface area contributed by atoms with Crippen LogP contribution in [0.4, 0.5) is 11.6 Å². The van der Waals surface area contributed by atoms with E-state index in [1.54, 1.807) is 12.1 Å². The van der Waals surface area contributed by atoms with Crippen molar-refractivity contribution in [1.29, 1.82) is 0 Å². The largest absolute Gasteiger partial charge is 0.476 e. The first kappa shape index (κ1) is 18.7. The molecule has 0 fully saturated rings. The monoisotopic (exact) mass is 368 g/mol. The number of benzene rings is 1. The smallest absolute Gasteiger partial charge is 0.270 e. The highest BCUT2D eigenvalue weighted by Gasteiger charge is 2.38. The Morgan fingerprint density at radius 1 is 1.22 bits per heavy atom. The van der Waals surface area contributed by atoms with Crippen molar-refractivity contribution < 1.29 is 14.3 Å². The predicted octanol–water partition coefficient (Wildman–Crippen LogP) is 2.29. The van der Waals surface area contributed by atoms with Crippen LogP contribution in [0.5, 0.6) is 5.75 Å². The van der Waals surface area contributed by atoms with Gasteiger partial charge in [-0.1, -0.05) is 44.2 Å². The molecule has 1 aromatic carbocycles. The highest BCUT2D eigenvalue weighted by Crippen LogP contribution is 2.34. The van der Waals surface area contributed by atoms with Gasteiger partial charge in [0, 0.05) is 0 Å². The zero-order valence-electron chi connectivity index (χ0n) is 15.7. The number of aromatic nitrogens is 1. The van der Waals surface area contributed by atoms with Crippen LogP contribution in [0.15, 0.2) is 42.5 Å². The summed E-state index contributed by atoms with van der Waals surface area (Å²) in [4.78, 5) is 31.0. The van der Waals surface area contributed by atoms with Gasteiger partial charge in [-0.2, -0.15) is 0 Å². The molecule has 0 bridgehead atoms. The van der Waals surface area contributed by atoms with Crippen molar-refractivity contribution in [2.45, 2.75) is 32.9 Å². The number of nitrogens with two attached hydrogens (primary N) is 1. The van der Waals surface area contributed by atoms with Crippen molar-refractivity contribution >= 4 is 23.5 Å². The van der Waals surface area contributed by atoms with Gasteiger partial charge < -0.3 is 15.8 Å². The molecule has 2 aromatic rings. The van der Waals surface area contributed by atoms with Gasteiger partial charge in [-0.3, -0.25) is 14.5 Å². The maximum Gasteiger partial charge on any atom is 0.270 e. The fourth-order valence-electron chi connectivity index (χ4n) is 3.01. The maximum absolute atomic E-state index is 12.9. The van der Waals surface area contributed by atoms with Gasteiger partial charge in [0.25, 0.3) is 5.91 Å². The molecule has 7 nitrogen and oxygen atoms in total. The van der Waals surface area contributed by atoms with Crippen LogP contribution in [0.2, 0.25) is 0 Å². The number of carbonyl (C=O) groups is 2. The number of amides is 2. The minimum atomic E-state index is -0.665. The molecule has 0 spiro atoms. The second kappa shape index (κ2) is 7.65. The number of rotatable bonds is 5. The molecular formula is C20H24N4O3. The number of fused-ring (bicyclic) bond motifs is 1. The molecule has 2 atom stereocenters. The lowest BCUT2D eigenvalue weighted by Gasteiger charge is -2.34. The van der Waals surface area contributed by atoms with E-state index in [0.29, 0.717) is 5.75 Å². The third kappa shape index (κ3) is 4.02. The van der Waals surface area contributed by atoms with Crippen molar-refractivity contribution in [3.8, 4) is 5.75 Å². The Morgan fingerprint density at radius 2 is 1.93 bits per heavy atom. The Morgan fingerprint density at radius 3 is 2.59 bits per heavy atom. The first-order valence-electron chi connectivity index (χ1n) is 8.95. The molecule has 0 saturated heterocycles. The molecule has 27 heavy (non-hydrogen) atoms. The van der Waals surface area contributed by atoms with E-state index in [-0.39, 0.29) is 42.0 Å². The fraction of sp³-hybridized carbons (Fsp3) is 0.350. The van der Waals surface area contributed by atoms with Crippen molar-refractivity contribution in [2.24, 2.45) is 5.92 Å². The summed E-state index contributed by atoms with van der Waals surface area (Å²) in [6.07, 6.45) is -0.665. The van der Waals surface area contributed by atoms with E-state index in [0.717, 1.165) is 5.56 Å². The third-order valence-corrected chi connectivity index (χ3v) is 4.46. The molecule has 142 valence electrons. The molecular weight excluding hydrogens is 344 g/mol. The van der Waals surface area contributed by atoms with E-state index < -0.39 is 6.10 Å². The Bertz CT molecular complexity index is 838. The lowest BCUT2D eigenvalue weighted by atomic mass is 10.0. The van der Waals surface area contributed by atoms with E-state index in [1.165, 1.54) is 4.90 Å². The maximum atomic E-state index is 12.9. The van der Waals surface area contributed by atoms with E-state index in [9.17, 15) is 9.59 Å². The highest BCUT2D eigenvalue weighted by molar-refractivity contribution is 6.03. The number of anilines is 2. The van der Waals surface area contributed by atoms with E-state index >= 15 is 0 Å². The van der Waals surface area contributed by atoms with Crippen LogP contribution in [0, 0.1) is 5.92 Å². The zero-order chi connectivity index (χ0) is 19.6. The molecule has 0 radical (unpaired) electrons. The normalized spacial score (nSPS) is 17.3. The molecule has 2 amide bonds. The van der Waals surface area contributed by atoms with Crippen LogP contribution in [0.3, 0.4) is 0 Å². The Hall–Kier alpha value is -3.09. The summed E-state index contributed by atoms with van der Waals surface area (Å²) < 4.78 is 5.78. The third-order valence-electron chi connectivity index (χ3n) is 4.46. The molecule has 2 unspecified atom stereocenters. The second-order valence-corrected chi connectivity index (χ2v) is 6.96. The summed E-state index contributed by atoms with van der Waals surface area (Å²) in [5.41, 5.74) is 6.75. The highest BCUT2D eigenvalue weighted by atomic mass is 16.5. The first-order chi connectivity index (χ1) is 12.9. The van der Waals surface area contributed by atoms with E-state index in [2.05, 4.69) is 10.3 Å². The van der Waals surface area contributed by atoms with Crippen LogP contribution in [0.25, 0.3) is 0 Å². The van der Waals surface area contributed by atoms with Crippen LogP contribution in [0.1, 0.15) is 32.4 Å². The van der Waals surface area contributed by atoms with E-state index in [4.69, 9.17) is 10.5 Å². The molecule has 0 saturated carbocycles. The van der Waals surface area contributed by atoms with Gasteiger partial charge in [0.05, 0.1) is 6.04 Å². The molecule has 0 aliphatic carbocycles. The number of carbonyl (C=O) groups excluding carboxylic acids is 2. The summed E-state index contributed by atoms with van der Waals surface area (Å²) in [5.74, 6) is 0.372. The summed E-state index contributed by atoms with van der Waals surface area (Å²) in [6.45, 7) is 5.55. The van der Waals surface area contributed by atoms with Crippen molar-refractivity contribution in [1.82, 2.24) is 10.3 Å². The van der Waals surface area contributed by atoms with Gasteiger partial charge in [0.15, 0.2) is 17.7 Å². The average Bonchev–Trinajstić information content (AvgIpc) is 2.64. The predicted molar refractivity (Wildman–Crippen MR) is 103 cm³/mol. The second-order valence-electron chi connectivity index (χ2n) is 6.96. The molecule has 1 aliphatic heterocycles. The van der Waals surface area contributed by atoms with Crippen LogP contribution >= 0.6 is 0 Å². The minimum Gasteiger partial charge on any atom is -0.476 e. The molecule has 1 aliphatic rings. The van der Waals surface area contributed by atoms with Gasteiger partial charge in [0.1, 0.15) is 12.4 Å². The first-order valence-corrected chi connectivity index (χ1v) is 8.95. The number of nitrogen functional groups attached to an aromatic ring is 1. The van der Waals surface area contributed by atoms with Crippen LogP contribution in [-0.2, 0) is 9.59 Å². The topological polar surface area (TPSA) is 97.5 Å². The van der Waals surface area contributed by atoms with Gasteiger partial charge in [-0.05, 0) is 30.5 Å². The van der Waals surface area contributed by atoms with Crippen LogP contribution in [-0.4, -0.2) is 29.4 Å². The van der Waals surface area contributed by atoms with Crippen LogP contribution < -0.4 is 20.7 Å². The van der Waals surface area contributed by atoms with Gasteiger partial charge in [-0.15, -0.1) is 0 Å². The lowest BCUT2D eigenvalue weighted by Crippen LogP contribution is -2.52. The zero-order valence-corrected chi connectivity index (χ0v) is 15.7. The number of hydrogen-bond donors (Lipinski definition) is 2. The summed E-state index contributed by atoms with van der Waals surface area (Å²) in [6, 6.07) is 12.7. The number of nitrogens with zero attached hydrogens (tertiary/aromatic N) is 2. The number of hydrogen-bond acceptors (Lipinski definition) is 5. The molecule has 1 aromatic heterocycles. The number of ether oxygens (including phenoxy) is 1. The van der Waals surface area contributed by atoms with E-state index in [1.807, 2.05) is 51.1 Å². The average molecular weight is 368 g/mol. The fourth-order valence-corrected chi connectivity index (χ4v) is 3.01. The minimum absolute atomic E-state index is 0.0444. The molecule has 7 heteroatoms. The van der Waals surface area contributed by atoms with Gasteiger partial charge >= 0.3 is 0 Å². The summed E-state index contributed by atoms with van der Waals surface area (Å²) in [5, 5.41) is 2.92. The van der Waals surface area contributed by atoms with Gasteiger partial charge in [0.2, 0.25) is 5.91 Å². The molecule has 2 heterocycles. The van der Waals surface area contributed by atoms with Gasteiger partial charge in [-0.25, -0.2) is 4.98 Å². The Labute approximate surface area is 158 Å².